The number of nitrogens with zero attached hydrogens (tertiary/aromatic N) is 2. The van der Waals surface area contributed by atoms with Crippen molar-refractivity contribution in [2.75, 3.05) is 5.32 Å². The van der Waals surface area contributed by atoms with Crippen LogP contribution in [0.25, 0.3) is 0 Å². The lowest BCUT2D eigenvalue weighted by molar-refractivity contribution is 1.14. The minimum absolute atomic E-state index is 0.459. The molecule has 0 aliphatic heterocycles. The van der Waals surface area contributed by atoms with Crippen LogP contribution in [0.1, 0.15) is 16.7 Å². The molecule has 2 rings (SSSR count). The van der Waals surface area contributed by atoms with Gasteiger partial charge in [-0.05, 0) is 29.8 Å². The quantitative estimate of drug-likeness (QED) is 0.922. The van der Waals surface area contributed by atoms with Crippen molar-refractivity contribution in [3.05, 3.63) is 64.2 Å². The van der Waals surface area contributed by atoms with Crippen LogP contribution in [0.2, 0.25) is 5.02 Å². The van der Waals surface area contributed by atoms with E-state index in [9.17, 15) is 0 Å². The summed E-state index contributed by atoms with van der Waals surface area (Å²) in [6, 6.07) is 16.7. The number of benzene rings is 2. The van der Waals surface area contributed by atoms with E-state index >= 15 is 0 Å². The van der Waals surface area contributed by atoms with Gasteiger partial charge < -0.3 is 5.32 Å². The second kappa shape index (κ2) is 5.91. The summed E-state index contributed by atoms with van der Waals surface area (Å²) < 4.78 is 0. The fraction of sp³-hybridized carbons (Fsp3) is 0.0667. The zero-order valence-corrected chi connectivity index (χ0v) is 10.8. The lowest BCUT2D eigenvalue weighted by Crippen LogP contribution is -2.03. The van der Waals surface area contributed by atoms with Crippen LogP contribution in [-0.2, 0) is 6.54 Å². The second-order valence-corrected chi connectivity index (χ2v) is 4.37. The van der Waals surface area contributed by atoms with Gasteiger partial charge in [-0.3, -0.25) is 0 Å². The van der Waals surface area contributed by atoms with Crippen LogP contribution >= 0.6 is 11.6 Å². The molecule has 0 bridgehead atoms. The van der Waals surface area contributed by atoms with E-state index in [2.05, 4.69) is 17.5 Å². The summed E-state index contributed by atoms with van der Waals surface area (Å²) in [5.74, 6) is 0. The fourth-order valence-corrected chi connectivity index (χ4v) is 1.98. The Morgan fingerprint density at radius 3 is 2.21 bits per heavy atom. The maximum atomic E-state index is 9.06. The van der Waals surface area contributed by atoms with Crippen molar-refractivity contribution >= 4 is 17.3 Å². The molecule has 0 unspecified atom stereocenters. The van der Waals surface area contributed by atoms with E-state index < -0.39 is 0 Å². The number of hydrogen-bond acceptors (Lipinski definition) is 3. The number of hydrogen-bond donors (Lipinski definition) is 1. The lowest BCUT2D eigenvalue weighted by atomic mass is 10.1. The van der Waals surface area contributed by atoms with Gasteiger partial charge in [0.15, 0.2) is 0 Å². The van der Waals surface area contributed by atoms with Gasteiger partial charge in [-0.15, -0.1) is 0 Å². The van der Waals surface area contributed by atoms with Crippen LogP contribution in [0.4, 0.5) is 5.69 Å². The summed E-state index contributed by atoms with van der Waals surface area (Å²) in [7, 11) is 0. The third-order valence-corrected chi connectivity index (χ3v) is 2.90. The molecular formula is C15H10ClN3. The average molecular weight is 268 g/mol. The highest BCUT2D eigenvalue weighted by Crippen LogP contribution is 2.21. The molecule has 0 heterocycles. The van der Waals surface area contributed by atoms with E-state index in [0.717, 1.165) is 5.56 Å². The molecule has 2 aromatic carbocycles. The Labute approximate surface area is 116 Å². The SMILES string of the molecule is N#Cc1cccc(C#N)c1NCc1cccc(Cl)c1. The highest BCUT2D eigenvalue weighted by Gasteiger charge is 2.07. The molecular weight excluding hydrogens is 258 g/mol. The first-order valence-electron chi connectivity index (χ1n) is 5.66. The standard InChI is InChI=1S/C15H10ClN3/c16-14-6-1-3-11(7-14)10-19-15-12(8-17)4-2-5-13(15)9-18/h1-7,19H,10H2. The summed E-state index contributed by atoms with van der Waals surface area (Å²) in [6.07, 6.45) is 0. The highest BCUT2D eigenvalue weighted by molar-refractivity contribution is 6.30. The summed E-state index contributed by atoms with van der Waals surface area (Å²) in [5, 5.41) is 21.9. The molecule has 0 aliphatic rings. The number of para-hydroxylation sites is 1. The van der Waals surface area contributed by atoms with Gasteiger partial charge in [0.1, 0.15) is 12.1 Å². The van der Waals surface area contributed by atoms with Crippen LogP contribution in [0.3, 0.4) is 0 Å². The largest absolute Gasteiger partial charge is 0.379 e. The molecule has 0 saturated carbocycles. The van der Waals surface area contributed by atoms with Crippen LogP contribution in [-0.4, -0.2) is 0 Å². The van der Waals surface area contributed by atoms with E-state index in [1.165, 1.54) is 0 Å². The molecule has 0 aromatic heterocycles. The fourth-order valence-electron chi connectivity index (χ4n) is 1.77. The zero-order chi connectivity index (χ0) is 13.7. The first kappa shape index (κ1) is 13.0. The number of nitriles is 2. The van der Waals surface area contributed by atoms with Gasteiger partial charge >= 0.3 is 0 Å². The lowest BCUT2D eigenvalue weighted by Gasteiger charge is -2.10. The first-order valence-corrected chi connectivity index (χ1v) is 6.04. The van der Waals surface area contributed by atoms with Gasteiger partial charge in [0.2, 0.25) is 0 Å². The van der Waals surface area contributed by atoms with Crippen LogP contribution < -0.4 is 5.32 Å². The Kier molecular flexibility index (Phi) is 4.03. The zero-order valence-electron chi connectivity index (χ0n) is 10.0. The average Bonchev–Trinajstić information content (AvgIpc) is 2.44. The smallest absolute Gasteiger partial charge is 0.101 e. The van der Waals surface area contributed by atoms with Gasteiger partial charge in [0, 0.05) is 11.6 Å². The molecule has 0 atom stereocenters. The summed E-state index contributed by atoms with van der Waals surface area (Å²) >= 11 is 5.91. The van der Waals surface area contributed by atoms with Gasteiger partial charge in [-0.1, -0.05) is 29.8 Å². The first-order chi connectivity index (χ1) is 9.24. The minimum Gasteiger partial charge on any atom is -0.379 e. The molecule has 4 heteroatoms. The topological polar surface area (TPSA) is 59.6 Å². The molecule has 0 radical (unpaired) electrons. The number of halogens is 1. The Morgan fingerprint density at radius 2 is 1.63 bits per heavy atom. The Bertz CT molecular complexity index is 648. The molecule has 1 N–H and O–H groups in total. The van der Waals surface area contributed by atoms with E-state index in [0.29, 0.717) is 28.4 Å². The van der Waals surface area contributed by atoms with Crippen molar-refractivity contribution in [2.24, 2.45) is 0 Å². The van der Waals surface area contributed by atoms with Crippen molar-refractivity contribution < 1.29 is 0 Å². The third-order valence-electron chi connectivity index (χ3n) is 2.66. The molecule has 19 heavy (non-hydrogen) atoms. The number of anilines is 1. The van der Waals surface area contributed by atoms with Gasteiger partial charge in [-0.2, -0.15) is 10.5 Å². The molecule has 0 fully saturated rings. The summed E-state index contributed by atoms with van der Waals surface area (Å²) in [5.41, 5.74) is 2.47. The van der Waals surface area contributed by atoms with Crippen molar-refractivity contribution in [3.8, 4) is 12.1 Å². The van der Waals surface area contributed by atoms with E-state index in [-0.39, 0.29) is 0 Å². The van der Waals surface area contributed by atoms with Gasteiger partial charge in [-0.25, -0.2) is 0 Å². The Hall–Kier alpha value is -2.49. The monoisotopic (exact) mass is 267 g/mol. The Morgan fingerprint density at radius 1 is 1.00 bits per heavy atom. The second-order valence-electron chi connectivity index (χ2n) is 3.94. The number of nitrogens with one attached hydrogen (secondary N) is 1. The van der Waals surface area contributed by atoms with E-state index in [4.69, 9.17) is 22.1 Å². The summed E-state index contributed by atoms with van der Waals surface area (Å²) in [6.45, 7) is 0.508. The molecule has 3 nitrogen and oxygen atoms in total. The molecule has 0 saturated heterocycles. The van der Waals surface area contributed by atoms with Crippen molar-refractivity contribution in [3.63, 3.8) is 0 Å². The van der Waals surface area contributed by atoms with E-state index in [1.807, 2.05) is 18.2 Å². The minimum atomic E-state index is 0.459. The van der Waals surface area contributed by atoms with Crippen molar-refractivity contribution in [1.29, 1.82) is 10.5 Å². The van der Waals surface area contributed by atoms with E-state index in [1.54, 1.807) is 24.3 Å². The molecule has 92 valence electrons. The molecule has 0 aliphatic carbocycles. The predicted octanol–water partition coefficient (Wildman–Crippen LogP) is 3.70. The maximum absolute atomic E-state index is 9.06. The predicted molar refractivity (Wildman–Crippen MR) is 74.7 cm³/mol. The maximum Gasteiger partial charge on any atom is 0.101 e. The van der Waals surface area contributed by atoms with Crippen LogP contribution in [0.5, 0.6) is 0 Å². The van der Waals surface area contributed by atoms with Gasteiger partial charge in [0.25, 0.3) is 0 Å². The van der Waals surface area contributed by atoms with Crippen molar-refractivity contribution in [2.45, 2.75) is 6.54 Å². The normalized spacial score (nSPS) is 9.42. The Balaban J connectivity index is 2.25. The molecule has 2 aromatic rings. The van der Waals surface area contributed by atoms with Crippen LogP contribution in [0, 0.1) is 22.7 Å². The van der Waals surface area contributed by atoms with Gasteiger partial charge in [0.05, 0.1) is 16.8 Å². The van der Waals surface area contributed by atoms with Crippen molar-refractivity contribution in [1.82, 2.24) is 0 Å². The molecule has 0 spiro atoms. The van der Waals surface area contributed by atoms with Crippen LogP contribution in [0.15, 0.2) is 42.5 Å². The molecule has 0 amide bonds. The number of rotatable bonds is 3. The highest BCUT2D eigenvalue weighted by atomic mass is 35.5. The third kappa shape index (κ3) is 3.04. The summed E-state index contributed by atoms with van der Waals surface area (Å²) in [4.78, 5) is 0.